The molecule has 0 aliphatic heterocycles. The zero-order valence-corrected chi connectivity index (χ0v) is 24.7. The number of aromatic nitrogens is 2. The highest BCUT2D eigenvalue weighted by atomic mass is 16.6. The van der Waals surface area contributed by atoms with Crippen molar-refractivity contribution < 1.29 is 33.3 Å². The zero-order valence-electron chi connectivity index (χ0n) is 24.7. The first-order chi connectivity index (χ1) is 20.2. The van der Waals surface area contributed by atoms with Crippen molar-refractivity contribution in [2.75, 3.05) is 21.3 Å². The van der Waals surface area contributed by atoms with Crippen molar-refractivity contribution in [3.63, 3.8) is 0 Å². The molecule has 0 amide bonds. The van der Waals surface area contributed by atoms with Crippen LogP contribution in [0.4, 0.5) is 0 Å². The molecule has 0 saturated heterocycles. The first kappa shape index (κ1) is 31.6. The molecule has 3 aromatic carbocycles. The number of carbonyl (C=O) groups is 2. The highest BCUT2D eigenvalue weighted by molar-refractivity contribution is 5.80. The number of nitrogens with zero attached hydrogens (tertiary/aromatic N) is 2. The van der Waals surface area contributed by atoms with Crippen molar-refractivity contribution in [2.45, 2.75) is 38.9 Å². The highest BCUT2D eigenvalue weighted by Crippen LogP contribution is 2.37. The maximum absolute atomic E-state index is 12.4. The standard InChI is InChI=1S/C26H28N2O6.C7H8O/c1-17(29)34-23(25(30)32-5)26(2,3)20-11-7-9-13-22(20)33-16-18-14-15-27-24(28-18)19-10-6-8-12-21(19)31-4;1-8-7-5-3-2-4-6-7/h6-15,23H,16H2,1-5H3;2-6H,1H3. The van der Waals surface area contributed by atoms with Crippen LogP contribution in [0.15, 0.2) is 91.1 Å². The summed E-state index contributed by atoms with van der Waals surface area (Å²) >= 11 is 0. The molecule has 42 heavy (non-hydrogen) atoms. The van der Waals surface area contributed by atoms with Crippen molar-refractivity contribution in [1.82, 2.24) is 9.97 Å². The van der Waals surface area contributed by atoms with Gasteiger partial charge in [0.1, 0.15) is 23.9 Å². The second-order valence-corrected chi connectivity index (χ2v) is 9.61. The van der Waals surface area contributed by atoms with Gasteiger partial charge in [0.25, 0.3) is 0 Å². The van der Waals surface area contributed by atoms with Gasteiger partial charge in [-0.2, -0.15) is 0 Å². The molecule has 0 saturated carbocycles. The molecule has 0 aliphatic carbocycles. The predicted molar refractivity (Wildman–Crippen MR) is 158 cm³/mol. The molecule has 0 N–H and O–H groups in total. The predicted octanol–water partition coefficient (Wildman–Crippen LogP) is 5.81. The second kappa shape index (κ2) is 15.2. The Balaban J connectivity index is 0.000000521. The van der Waals surface area contributed by atoms with Gasteiger partial charge in [-0.3, -0.25) is 4.79 Å². The number of esters is 2. The van der Waals surface area contributed by atoms with E-state index in [1.165, 1.54) is 14.0 Å². The molecule has 1 aromatic heterocycles. The van der Waals surface area contributed by atoms with Gasteiger partial charge in [0.15, 0.2) is 5.82 Å². The summed E-state index contributed by atoms with van der Waals surface area (Å²) in [5, 5.41) is 0. The van der Waals surface area contributed by atoms with Gasteiger partial charge in [-0.1, -0.05) is 62.4 Å². The van der Waals surface area contributed by atoms with Crippen LogP contribution in [-0.4, -0.2) is 49.3 Å². The quantitative estimate of drug-likeness (QED) is 0.218. The van der Waals surface area contributed by atoms with Crippen LogP contribution in [0.3, 0.4) is 0 Å². The molecule has 220 valence electrons. The van der Waals surface area contributed by atoms with Crippen LogP contribution < -0.4 is 14.2 Å². The van der Waals surface area contributed by atoms with E-state index in [0.29, 0.717) is 28.6 Å². The van der Waals surface area contributed by atoms with Crippen LogP contribution in [-0.2, 0) is 31.1 Å². The lowest BCUT2D eigenvalue weighted by atomic mass is 9.78. The fourth-order valence-corrected chi connectivity index (χ4v) is 4.17. The van der Waals surface area contributed by atoms with Crippen LogP contribution in [0.1, 0.15) is 32.0 Å². The first-order valence-corrected chi connectivity index (χ1v) is 13.2. The average molecular weight is 573 g/mol. The van der Waals surface area contributed by atoms with E-state index >= 15 is 0 Å². The first-order valence-electron chi connectivity index (χ1n) is 13.2. The molecule has 4 aromatic rings. The van der Waals surface area contributed by atoms with Gasteiger partial charge in [0.2, 0.25) is 6.10 Å². The molecule has 0 fully saturated rings. The Kier molecular flexibility index (Phi) is 11.4. The number of carbonyl (C=O) groups excluding carboxylic acids is 2. The number of rotatable bonds is 10. The van der Waals surface area contributed by atoms with Gasteiger partial charge in [-0.25, -0.2) is 14.8 Å². The van der Waals surface area contributed by atoms with Crippen molar-refractivity contribution in [2.24, 2.45) is 0 Å². The molecule has 1 unspecified atom stereocenters. The summed E-state index contributed by atoms with van der Waals surface area (Å²) in [5.41, 5.74) is 1.19. The Morgan fingerprint density at radius 1 is 0.810 bits per heavy atom. The molecule has 0 aliphatic rings. The molecule has 0 radical (unpaired) electrons. The van der Waals surface area contributed by atoms with Crippen molar-refractivity contribution in [3.8, 4) is 28.6 Å². The van der Waals surface area contributed by atoms with E-state index in [9.17, 15) is 9.59 Å². The number of methoxy groups -OCH3 is 3. The van der Waals surface area contributed by atoms with Gasteiger partial charge >= 0.3 is 11.9 Å². The lowest BCUT2D eigenvalue weighted by Crippen LogP contribution is -2.44. The van der Waals surface area contributed by atoms with Gasteiger partial charge in [0, 0.05) is 24.1 Å². The van der Waals surface area contributed by atoms with Crippen molar-refractivity contribution in [3.05, 3.63) is 102 Å². The minimum Gasteiger partial charge on any atom is -0.497 e. The van der Waals surface area contributed by atoms with E-state index in [1.54, 1.807) is 46.4 Å². The van der Waals surface area contributed by atoms with Crippen LogP contribution in [0, 0.1) is 0 Å². The molecule has 9 nitrogen and oxygen atoms in total. The lowest BCUT2D eigenvalue weighted by Gasteiger charge is -2.33. The summed E-state index contributed by atoms with van der Waals surface area (Å²) in [6.45, 7) is 5.01. The average Bonchev–Trinajstić information content (AvgIpc) is 3.03. The number of para-hydroxylation sites is 3. The molecule has 9 heteroatoms. The van der Waals surface area contributed by atoms with Gasteiger partial charge in [-0.05, 0) is 36.4 Å². The zero-order chi connectivity index (χ0) is 30.5. The summed E-state index contributed by atoms with van der Waals surface area (Å²) in [6, 6.07) is 26.2. The summed E-state index contributed by atoms with van der Waals surface area (Å²) in [5.74, 6) is 1.41. The van der Waals surface area contributed by atoms with E-state index in [2.05, 4.69) is 9.97 Å². The van der Waals surface area contributed by atoms with E-state index in [1.807, 2.05) is 72.8 Å². The fourth-order valence-electron chi connectivity index (χ4n) is 4.17. The number of hydrogen-bond acceptors (Lipinski definition) is 9. The molecule has 1 heterocycles. The Morgan fingerprint density at radius 2 is 1.45 bits per heavy atom. The molecular formula is C33H36N2O7. The maximum Gasteiger partial charge on any atom is 0.348 e. The topological polar surface area (TPSA) is 106 Å². The second-order valence-electron chi connectivity index (χ2n) is 9.61. The number of ether oxygens (including phenoxy) is 5. The largest absolute Gasteiger partial charge is 0.497 e. The summed E-state index contributed by atoms with van der Waals surface area (Å²) in [4.78, 5) is 33.1. The van der Waals surface area contributed by atoms with E-state index in [-0.39, 0.29) is 6.61 Å². The van der Waals surface area contributed by atoms with Crippen molar-refractivity contribution >= 4 is 11.9 Å². The third-order valence-corrected chi connectivity index (χ3v) is 6.35. The van der Waals surface area contributed by atoms with Crippen LogP contribution >= 0.6 is 0 Å². The Bertz CT molecular complexity index is 1460. The number of benzene rings is 3. The SMILES string of the molecule is COC(=O)C(OC(C)=O)C(C)(C)c1ccccc1OCc1ccnc(-c2ccccc2OC)n1.COc1ccccc1. The smallest absolute Gasteiger partial charge is 0.348 e. The molecule has 1 atom stereocenters. The maximum atomic E-state index is 12.4. The van der Waals surface area contributed by atoms with Crippen LogP contribution in [0.25, 0.3) is 11.4 Å². The van der Waals surface area contributed by atoms with Crippen LogP contribution in [0.2, 0.25) is 0 Å². The fraction of sp³-hybridized carbons (Fsp3) is 0.273. The van der Waals surface area contributed by atoms with Gasteiger partial charge in [-0.15, -0.1) is 0 Å². The van der Waals surface area contributed by atoms with E-state index in [0.717, 1.165) is 11.3 Å². The Hall–Kier alpha value is -4.92. The number of hydrogen-bond donors (Lipinski definition) is 0. The van der Waals surface area contributed by atoms with E-state index in [4.69, 9.17) is 23.7 Å². The summed E-state index contributed by atoms with van der Waals surface area (Å²) < 4.78 is 26.6. The minimum atomic E-state index is -1.14. The van der Waals surface area contributed by atoms with Gasteiger partial charge in [0.05, 0.1) is 32.6 Å². The van der Waals surface area contributed by atoms with Crippen LogP contribution in [0.5, 0.6) is 17.2 Å². The highest BCUT2D eigenvalue weighted by Gasteiger charge is 2.42. The van der Waals surface area contributed by atoms with Crippen molar-refractivity contribution in [1.29, 1.82) is 0 Å². The minimum absolute atomic E-state index is 0.161. The summed E-state index contributed by atoms with van der Waals surface area (Å²) in [6.07, 6.45) is 0.521. The Labute approximate surface area is 246 Å². The lowest BCUT2D eigenvalue weighted by molar-refractivity contribution is -0.169. The third kappa shape index (κ3) is 8.30. The van der Waals surface area contributed by atoms with E-state index < -0.39 is 23.5 Å². The normalized spacial score (nSPS) is 11.3. The molecule has 4 rings (SSSR count). The van der Waals surface area contributed by atoms with Gasteiger partial charge < -0.3 is 23.7 Å². The molecule has 0 bridgehead atoms. The Morgan fingerprint density at radius 3 is 2.07 bits per heavy atom. The monoisotopic (exact) mass is 572 g/mol. The molecular weight excluding hydrogens is 536 g/mol. The summed E-state index contributed by atoms with van der Waals surface area (Å²) in [7, 11) is 4.52. The third-order valence-electron chi connectivity index (χ3n) is 6.35. The molecule has 0 spiro atoms.